The van der Waals surface area contributed by atoms with Crippen molar-refractivity contribution < 1.29 is 9.84 Å². The Bertz CT molecular complexity index is 334. The molecule has 0 spiro atoms. The number of aliphatic hydroxyl groups is 1. The monoisotopic (exact) mass is 234 g/mol. The van der Waals surface area contributed by atoms with Gasteiger partial charge in [0, 0.05) is 0 Å². The molecule has 0 aromatic heterocycles. The highest BCUT2D eigenvalue weighted by Gasteiger charge is 2.20. The lowest BCUT2D eigenvalue weighted by Crippen LogP contribution is -2.16. The lowest BCUT2D eigenvalue weighted by Gasteiger charge is -2.25. The maximum atomic E-state index is 9.50. The second-order valence-electron chi connectivity index (χ2n) is 5.24. The highest BCUT2D eigenvalue weighted by atomic mass is 16.5. The molecule has 0 aliphatic heterocycles. The van der Waals surface area contributed by atoms with Crippen LogP contribution in [-0.4, -0.2) is 17.3 Å². The summed E-state index contributed by atoms with van der Waals surface area (Å²) in [6.45, 7) is 4.08. The van der Waals surface area contributed by atoms with Crippen LogP contribution < -0.4 is 4.74 Å². The summed E-state index contributed by atoms with van der Waals surface area (Å²) in [6.07, 6.45) is 4.24. The van der Waals surface area contributed by atoms with Gasteiger partial charge >= 0.3 is 0 Å². The molecular weight excluding hydrogens is 212 g/mol. The van der Waals surface area contributed by atoms with Gasteiger partial charge in [0.2, 0.25) is 0 Å². The van der Waals surface area contributed by atoms with E-state index in [0.717, 1.165) is 31.4 Å². The van der Waals surface area contributed by atoms with Gasteiger partial charge in [-0.3, -0.25) is 0 Å². The van der Waals surface area contributed by atoms with Gasteiger partial charge in [0.15, 0.2) is 0 Å². The third kappa shape index (κ3) is 3.47. The number of hydrogen-bond acceptors (Lipinski definition) is 2. The van der Waals surface area contributed by atoms with Gasteiger partial charge in [-0.05, 0) is 63.1 Å². The number of hydrogen-bond donors (Lipinski definition) is 1. The number of benzene rings is 1. The Hall–Kier alpha value is -1.02. The zero-order valence-electron chi connectivity index (χ0n) is 10.7. The fourth-order valence-corrected chi connectivity index (χ4v) is 2.50. The quantitative estimate of drug-likeness (QED) is 0.867. The molecule has 94 valence electrons. The number of ether oxygens (including phenoxy) is 1. The lowest BCUT2D eigenvalue weighted by atomic mass is 9.83. The van der Waals surface area contributed by atoms with Crippen LogP contribution >= 0.6 is 0 Å². The molecule has 1 fully saturated rings. The molecule has 1 N–H and O–H groups in total. The first-order valence-corrected chi connectivity index (χ1v) is 6.60. The first kappa shape index (κ1) is 12.4. The van der Waals surface area contributed by atoms with Gasteiger partial charge in [0.05, 0.1) is 12.2 Å². The summed E-state index contributed by atoms with van der Waals surface area (Å²) in [4.78, 5) is 0. The topological polar surface area (TPSA) is 29.5 Å². The van der Waals surface area contributed by atoms with Crippen molar-refractivity contribution in [3.8, 4) is 5.75 Å². The summed E-state index contributed by atoms with van der Waals surface area (Å²) in [6, 6.07) is 8.45. The van der Waals surface area contributed by atoms with Crippen molar-refractivity contribution in [3.05, 3.63) is 29.8 Å². The first-order chi connectivity index (χ1) is 8.15. The van der Waals surface area contributed by atoms with E-state index >= 15 is 0 Å². The van der Waals surface area contributed by atoms with Crippen LogP contribution in [0.3, 0.4) is 0 Å². The normalized spacial score (nSPS) is 24.9. The van der Waals surface area contributed by atoms with E-state index in [2.05, 4.69) is 24.3 Å². The third-order valence-corrected chi connectivity index (χ3v) is 3.42. The van der Waals surface area contributed by atoms with E-state index in [1.54, 1.807) is 0 Å². The smallest absolute Gasteiger partial charge is 0.119 e. The summed E-state index contributed by atoms with van der Waals surface area (Å²) in [5.41, 5.74) is 1.38. The second kappa shape index (κ2) is 5.54. The standard InChI is InChI=1S/C15H22O2/c1-11(2)17-15-9-5-13(6-10-15)12-3-7-14(16)8-4-12/h5-6,9-12,14,16H,3-4,7-8H2,1-2H3/t12-,14-. The fourth-order valence-electron chi connectivity index (χ4n) is 2.50. The summed E-state index contributed by atoms with van der Waals surface area (Å²) >= 11 is 0. The van der Waals surface area contributed by atoms with Gasteiger partial charge in [-0.1, -0.05) is 12.1 Å². The Morgan fingerprint density at radius 3 is 2.18 bits per heavy atom. The molecule has 17 heavy (non-hydrogen) atoms. The molecule has 1 aliphatic rings. The van der Waals surface area contributed by atoms with Crippen molar-refractivity contribution in [3.63, 3.8) is 0 Å². The van der Waals surface area contributed by atoms with E-state index in [1.807, 2.05) is 13.8 Å². The zero-order chi connectivity index (χ0) is 12.3. The van der Waals surface area contributed by atoms with Crippen LogP contribution in [0.1, 0.15) is 51.0 Å². The molecule has 0 bridgehead atoms. The van der Waals surface area contributed by atoms with Crippen molar-refractivity contribution in [1.82, 2.24) is 0 Å². The molecule has 0 amide bonds. The largest absolute Gasteiger partial charge is 0.491 e. The van der Waals surface area contributed by atoms with Crippen molar-refractivity contribution in [2.24, 2.45) is 0 Å². The summed E-state index contributed by atoms with van der Waals surface area (Å²) < 4.78 is 5.63. The van der Waals surface area contributed by atoms with Crippen LogP contribution in [-0.2, 0) is 0 Å². The van der Waals surface area contributed by atoms with Crippen LogP contribution in [0.25, 0.3) is 0 Å². The molecule has 0 heterocycles. The molecule has 2 heteroatoms. The van der Waals surface area contributed by atoms with Crippen molar-refractivity contribution in [2.75, 3.05) is 0 Å². The average Bonchev–Trinajstić information content (AvgIpc) is 2.30. The van der Waals surface area contributed by atoms with Crippen molar-refractivity contribution in [1.29, 1.82) is 0 Å². The van der Waals surface area contributed by atoms with E-state index in [9.17, 15) is 5.11 Å². The summed E-state index contributed by atoms with van der Waals surface area (Å²) in [5, 5.41) is 9.50. The highest BCUT2D eigenvalue weighted by molar-refractivity contribution is 5.29. The Morgan fingerprint density at radius 2 is 1.65 bits per heavy atom. The highest BCUT2D eigenvalue weighted by Crippen LogP contribution is 2.33. The van der Waals surface area contributed by atoms with Crippen LogP contribution in [0.2, 0.25) is 0 Å². The van der Waals surface area contributed by atoms with Crippen LogP contribution in [0.15, 0.2) is 24.3 Å². The predicted octanol–water partition coefficient (Wildman–Crippen LogP) is 3.49. The minimum absolute atomic E-state index is 0.0743. The molecule has 1 aliphatic carbocycles. The second-order valence-corrected chi connectivity index (χ2v) is 5.24. The van der Waals surface area contributed by atoms with Gasteiger partial charge in [0.1, 0.15) is 5.75 Å². The molecule has 1 saturated carbocycles. The fraction of sp³-hybridized carbons (Fsp3) is 0.600. The maximum absolute atomic E-state index is 9.50. The Balaban J connectivity index is 1.97. The number of rotatable bonds is 3. The van der Waals surface area contributed by atoms with E-state index in [4.69, 9.17) is 4.74 Å². The van der Waals surface area contributed by atoms with Gasteiger partial charge < -0.3 is 9.84 Å². The molecule has 2 nitrogen and oxygen atoms in total. The molecule has 0 radical (unpaired) electrons. The molecule has 2 rings (SSSR count). The van der Waals surface area contributed by atoms with E-state index < -0.39 is 0 Å². The van der Waals surface area contributed by atoms with Gasteiger partial charge in [-0.15, -0.1) is 0 Å². The zero-order valence-corrected chi connectivity index (χ0v) is 10.7. The third-order valence-electron chi connectivity index (χ3n) is 3.42. The Kier molecular flexibility index (Phi) is 4.06. The molecule has 0 saturated heterocycles. The van der Waals surface area contributed by atoms with Gasteiger partial charge in [-0.2, -0.15) is 0 Å². The van der Waals surface area contributed by atoms with E-state index in [0.29, 0.717) is 5.92 Å². The van der Waals surface area contributed by atoms with Crippen LogP contribution in [0, 0.1) is 0 Å². The lowest BCUT2D eigenvalue weighted by molar-refractivity contribution is 0.122. The molecule has 1 aromatic carbocycles. The average molecular weight is 234 g/mol. The molecule has 1 aromatic rings. The summed E-state index contributed by atoms with van der Waals surface area (Å²) in [5.74, 6) is 1.56. The molecule has 0 atom stereocenters. The van der Waals surface area contributed by atoms with Crippen LogP contribution in [0.4, 0.5) is 0 Å². The summed E-state index contributed by atoms with van der Waals surface area (Å²) in [7, 11) is 0. The van der Waals surface area contributed by atoms with E-state index in [1.165, 1.54) is 5.56 Å². The Morgan fingerprint density at radius 1 is 1.06 bits per heavy atom. The first-order valence-electron chi connectivity index (χ1n) is 6.60. The molecular formula is C15H22O2. The molecule has 0 unspecified atom stereocenters. The number of aliphatic hydroxyl groups excluding tert-OH is 1. The maximum Gasteiger partial charge on any atom is 0.119 e. The Labute approximate surface area is 104 Å². The van der Waals surface area contributed by atoms with E-state index in [-0.39, 0.29) is 12.2 Å². The predicted molar refractivity (Wildman–Crippen MR) is 69.4 cm³/mol. The SMILES string of the molecule is CC(C)Oc1ccc([C@H]2CC[C@H](O)CC2)cc1. The van der Waals surface area contributed by atoms with Gasteiger partial charge in [0.25, 0.3) is 0 Å². The van der Waals surface area contributed by atoms with Crippen molar-refractivity contribution >= 4 is 0 Å². The van der Waals surface area contributed by atoms with Gasteiger partial charge in [-0.25, -0.2) is 0 Å². The van der Waals surface area contributed by atoms with Crippen molar-refractivity contribution in [2.45, 2.75) is 57.7 Å². The minimum atomic E-state index is -0.0743. The minimum Gasteiger partial charge on any atom is -0.491 e. The van der Waals surface area contributed by atoms with Crippen LogP contribution in [0.5, 0.6) is 5.75 Å².